The first kappa shape index (κ1) is 10.3. The summed E-state index contributed by atoms with van der Waals surface area (Å²) < 4.78 is 28.0. The smallest absolute Gasteiger partial charge is 0.387 e. The molecular formula is C9H7F2NO2. The standard InChI is InChI=1S/C9H7F2NO2/c1-6-2-3-7(12-5-13)4-8(6)14-9(10)11/h2-4,9H,1H3. The monoisotopic (exact) mass is 199 g/mol. The number of benzene rings is 1. The van der Waals surface area contributed by atoms with E-state index in [0.717, 1.165) is 0 Å². The Balaban J connectivity index is 3.01. The number of rotatable bonds is 3. The van der Waals surface area contributed by atoms with Gasteiger partial charge in [0.25, 0.3) is 0 Å². The normalized spacial score (nSPS) is 9.71. The molecular weight excluding hydrogens is 192 g/mol. The van der Waals surface area contributed by atoms with Crippen LogP contribution in [0.5, 0.6) is 5.75 Å². The Morgan fingerprint density at radius 1 is 1.50 bits per heavy atom. The third-order valence-corrected chi connectivity index (χ3v) is 1.56. The Hall–Kier alpha value is -1.74. The van der Waals surface area contributed by atoms with Crippen molar-refractivity contribution >= 4 is 11.8 Å². The average molecular weight is 199 g/mol. The molecule has 0 fully saturated rings. The van der Waals surface area contributed by atoms with Crippen molar-refractivity contribution in [3.63, 3.8) is 0 Å². The van der Waals surface area contributed by atoms with Crippen LogP contribution in [-0.2, 0) is 4.79 Å². The van der Waals surface area contributed by atoms with Crippen molar-refractivity contribution in [1.29, 1.82) is 0 Å². The number of alkyl halides is 2. The molecule has 1 aromatic carbocycles. The molecule has 0 aliphatic rings. The fourth-order valence-electron chi connectivity index (χ4n) is 0.934. The number of hydrogen-bond donors (Lipinski definition) is 0. The summed E-state index contributed by atoms with van der Waals surface area (Å²) in [5.41, 5.74) is 0.788. The van der Waals surface area contributed by atoms with Gasteiger partial charge in [0.1, 0.15) is 5.75 Å². The largest absolute Gasteiger partial charge is 0.434 e. The molecule has 0 bridgehead atoms. The highest BCUT2D eigenvalue weighted by atomic mass is 19.3. The van der Waals surface area contributed by atoms with Gasteiger partial charge in [-0.1, -0.05) is 6.07 Å². The van der Waals surface area contributed by atoms with E-state index < -0.39 is 6.61 Å². The third kappa shape index (κ3) is 2.64. The molecule has 5 heteroatoms. The minimum Gasteiger partial charge on any atom is -0.434 e. The van der Waals surface area contributed by atoms with E-state index in [4.69, 9.17) is 0 Å². The average Bonchev–Trinajstić information content (AvgIpc) is 2.10. The number of hydrogen-bond acceptors (Lipinski definition) is 3. The highest BCUT2D eigenvalue weighted by molar-refractivity contribution is 5.53. The van der Waals surface area contributed by atoms with Crippen molar-refractivity contribution in [3.8, 4) is 5.75 Å². The maximum atomic E-state index is 11.9. The second-order valence-corrected chi connectivity index (χ2v) is 2.53. The molecule has 0 spiro atoms. The van der Waals surface area contributed by atoms with Crippen molar-refractivity contribution in [1.82, 2.24) is 0 Å². The molecule has 0 aromatic heterocycles. The summed E-state index contributed by atoms with van der Waals surface area (Å²) in [7, 11) is 0. The van der Waals surface area contributed by atoms with Gasteiger partial charge in [0.2, 0.25) is 6.08 Å². The van der Waals surface area contributed by atoms with Crippen LogP contribution in [-0.4, -0.2) is 12.7 Å². The Kier molecular flexibility index (Phi) is 3.31. The number of aryl methyl sites for hydroxylation is 1. The molecule has 0 aliphatic carbocycles. The number of carbonyl (C=O) groups excluding carboxylic acids is 1. The van der Waals surface area contributed by atoms with Gasteiger partial charge in [-0.2, -0.15) is 13.8 Å². The lowest BCUT2D eigenvalue weighted by Gasteiger charge is -2.07. The summed E-state index contributed by atoms with van der Waals surface area (Å²) in [6.45, 7) is -1.27. The number of isocyanates is 1. The first-order valence-electron chi connectivity index (χ1n) is 3.77. The zero-order valence-electron chi connectivity index (χ0n) is 7.33. The molecule has 0 aliphatic heterocycles. The lowest BCUT2D eigenvalue weighted by atomic mass is 10.2. The van der Waals surface area contributed by atoms with Crippen LogP contribution in [0.25, 0.3) is 0 Å². The molecule has 1 rings (SSSR count). The van der Waals surface area contributed by atoms with E-state index in [1.807, 2.05) is 0 Å². The molecule has 0 unspecified atom stereocenters. The lowest BCUT2D eigenvalue weighted by Crippen LogP contribution is -2.02. The van der Waals surface area contributed by atoms with E-state index in [9.17, 15) is 13.6 Å². The summed E-state index contributed by atoms with van der Waals surface area (Å²) in [5.74, 6) is 0.0106. The fourth-order valence-corrected chi connectivity index (χ4v) is 0.934. The zero-order chi connectivity index (χ0) is 10.6. The zero-order valence-corrected chi connectivity index (χ0v) is 7.33. The Morgan fingerprint density at radius 3 is 2.79 bits per heavy atom. The molecule has 0 saturated carbocycles. The number of aliphatic imine (C=N–C) groups is 1. The SMILES string of the molecule is Cc1ccc(N=C=O)cc1OC(F)F. The Labute approximate surface area is 79.0 Å². The fraction of sp³-hybridized carbons (Fsp3) is 0.222. The van der Waals surface area contributed by atoms with Crippen LogP contribution in [0, 0.1) is 6.92 Å². The molecule has 0 N–H and O–H groups in total. The van der Waals surface area contributed by atoms with Gasteiger partial charge >= 0.3 is 6.61 Å². The Bertz CT molecular complexity index is 373. The van der Waals surface area contributed by atoms with E-state index in [0.29, 0.717) is 5.56 Å². The number of ether oxygens (including phenoxy) is 1. The first-order chi connectivity index (χ1) is 6.63. The second-order valence-electron chi connectivity index (χ2n) is 2.53. The van der Waals surface area contributed by atoms with Crippen molar-refractivity contribution in [2.75, 3.05) is 0 Å². The topological polar surface area (TPSA) is 38.7 Å². The molecule has 0 saturated heterocycles. The minimum atomic E-state index is -2.89. The van der Waals surface area contributed by atoms with Crippen LogP contribution in [0.2, 0.25) is 0 Å². The summed E-state index contributed by atoms with van der Waals surface area (Å²) in [4.78, 5) is 13.2. The van der Waals surface area contributed by atoms with Crippen molar-refractivity contribution in [2.24, 2.45) is 4.99 Å². The maximum Gasteiger partial charge on any atom is 0.387 e. The van der Waals surface area contributed by atoms with Gasteiger partial charge < -0.3 is 4.74 Å². The van der Waals surface area contributed by atoms with Gasteiger partial charge in [0.05, 0.1) is 5.69 Å². The summed E-state index contributed by atoms with van der Waals surface area (Å²) in [5, 5.41) is 0. The molecule has 1 aromatic rings. The number of nitrogens with zero attached hydrogens (tertiary/aromatic N) is 1. The molecule has 74 valence electrons. The van der Waals surface area contributed by atoms with Gasteiger partial charge in [-0.3, -0.25) is 0 Å². The van der Waals surface area contributed by atoms with Gasteiger partial charge in [-0.15, -0.1) is 0 Å². The van der Waals surface area contributed by atoms with Crippen LogP contribution in [0.15, 0.2) is 23.2 Å². The van der Waals surface area contributed by atoms with Crippen LogP contribution < -0.4 is 4.74 Å². The van der Waals surface area contributed by atoms with Crippen molar-refractivity contribution in [3.05, 3.63) is 23.8 Å². The van der Waals surface area contributed by atoms with Gasteiger partial charge in [-0.05, 0) is 18.6 Å². The lowest BCUT2D eigenvalue weighted by molar-refractivity contribution is -0.0502. The predicted octanol–water partition coefficient (Wildman–Crippen LogP) is 2.56. The predicted molar refractivity (Wildman–Crippen MR) is 45.6 cm³/mol. The van der Waals surface area contributed by atoms with Crippen molar-refractivity contribution < 1.29 is 18.3 Å². The van der Waals surface area contributed by atoms with Crippen LogP contribution in [0.1, 0.15) is 5.56 Å². The van der Waals surface area contributed by atoms with Gasteiger partial charge in [-0.25, -0.2) is 4.79 Å². The van der Waals surface area contributed by atoms with Crippen LogP contribution in [0.3, 0.4) is 0 Å². The van der Waals surface area contributed by atoms with Gasteiger partial charge in [0.15, 0.2) is 0 Å². The summed E-state index contributed by atoms with van der Waals surface area (Å²) in [6.07, 6.45) is 1.32. The van der Waals surface area contributed by atoms with E-state index in [2.05, 4.69) is 9.73 Å². The maximum absolute atomic E-state index is 11.9. The van der Waals surface area contributed by atoms with E-state index in [1.54, 1.807) is 6.92 Å². The highest BCUT2D eigenvalue weighted by Crippen LogP contribution is 2.25. The minimum absolute atomic E-state index is 0.0106. The molecule has 0 amide bonds. The van der Waals surface area contributed by atoms with Crippen LogP contribution in [0.4, 0.5) is 14.5 Å². The van der Waals surface area contributed by atoms with Crippen LogP contribution >= 0.6 is 0 Å². The highest BCUT2D eigenvalue weighted by Gasteiger charge is 2.07. The van der Waals surface area contributed by atoms with Crippen molar-refractivity contribution in [2.45, 2.75) is 13.5 Å². The van der Waals surface area contributed by atoms with Gasteiger partial charge in [0, 0.05) is 6.07 Å². The molecule has 14 heavy (non-hydrogen) atoms. The second kappa shape index (κ2) is 4.48. The first-order valence-corrected chi connectivity index (χ1v) is 3.77. The molecule has 3 nitrogen and oxygen atoms in total. The summed E-state index contributed by atoms with van der Waals surface area (Å²) in [6, 6.07) is 4.30. The molecule has 0 atom stereocenters. The summed E-state index contributed by atoms with van der Waals surface area (Å²) >= 11 is 0. The van der Waals surface area contributed by atoms with E-state index >= 15 is 0 Å². The number of halogens is 2. The third-order valence-electron chi connectivity index (χ3n) is 1.56. The quantitative estimate of drug-likeness (QED) is 0.554. The van der Waals surface area contributed by atoms with E-state index in [-0.39, 0.29) is 11.4 Å². The molecule has 0 heterocycles. The van der Waals surface area contributed by atoms with E-state index in [1.165, 1.54) is 24.3 Å². The Morgan fingerprint density at radius 2 is 2.21 bits per heavy atom. The molecule has 0 radical (unpaired) electrons.